The highest BCUT2D eigenvalue weighted by molar-refractivity contribution is 7.98. The van der Waals surface area contributed by atoms with Crippen LogP contribution in [0.15, 0.2) is 56.8 Å². The lowest BCUT2D eigenvalue weighted by Gasteiger charge is -2.07. The van der Waals surface area contributed by atoms with E-state index in [0.717, 1.165) is 10.9 Å². The van der Waals surface area contributed by atoms with Gasteiger partial charge in [0.25, 0.3) is 0 Å². The van der Waals surface area contributed by atoms with Crippen LogP contribution in [-0.4, -0.2) is 20.3 Å². The lowest BCUT2D eigenvalue weighted by Crippen LogP contribution is -2.01. The zero-order valence-electron chi connectivity index (χ0n) is 14.2. The van der Waals surface area contributed by atoms with E-state index in [1.54, 1.807) is 37.3 Å². The van der Waals surface area contributed by atoms with Crippen molar-refractivity contribution in [3.63, 3.8) is 0 Å². The Kier molecular flexibility index (Phi) is 4.41. The number of phenolic OH excluding ortho intramolecular Hbond substituents is 1. The molecular formula is C19H14FN3O3S. The summed E-state index contributed by atoms with van der Waals surface area (Å²) >= 11 is 1.31. The lowest BCUT2D eigenvalue weighted by atomic mass is 10.1. The molecule has 0 amide bonds. The summed E-state index contributed by atoms with van der Waals surface area (Å²) in [5.74, 6) is 0.445. The van der Waals surface area contributed by atoms with Gasteiger partial charge >= 0.3 is 5.63 Å². The highest BCUT2D eigenvalue weighted by Gasteiger charge is 2.13. The molecule has 0 bridgehead atoms. The van der Waals surface area contributed by atoms with Gasteiger partial charge in [-0.2, -0.15) is 0 Å². The number of hydrogen-bond donors (Lipinski definition) is 2. The van der Waals surface area contributed by atoms with E-state index in [9.17, 15) is 14.3 Å². The van der Waals surface area contributed by atoms with Gasteiger partial charge in [0, 0.05) is 22.8 Å². The maximum Gasteiger partial charge on any atom is 0.336 e. The predicted octanol–water partition coefficient (Wildman–Crippen LogP) is 4.02. The Balaban J connectivity index is 1.62. The topological polar surface area (TPSA) is 92.0 Å². The molecule has 0 fully saturated rings. The van der Waals surface area contributed by atoms with Crippen LogP contribution < -0.4 is 5.63 Å². The second-order valence-electron chi connectivity index (χ2n) is 5.91. The van der Waals surface area contributed by atoms with Gasteiger partial charge in [-0.25, -0.2) is 14.2 Å². The first kappa shape index (κ1) is 17.3. The number of aryl methyl sites for hydroxylation is 1. The number of aromatic nitrogens is 3. The Hall–Kier alpha value is -3.13. The number of aromatic hydroxyl groups is 1. The molecule has 4 aromatic rings. The second kappa shape index (κ2) is 6.88. The summed E-state index contributed by atoms with van der Waals surface area (Å²) in [7, 11) is 0. The average molecular weight is 383 g/mol. The molecule has 0 unspecified atom stereocenters. The molecule has 8 heteroatoms. The molecule has 2 N–H and O–H groups in total. The minimum absolute atomic E-state index is 0.0685. The molecule has 0 aliphatic rings. The van der Waals surface area contributed by atoms with E-state index in [1.807, 2.05) is 0 Å². The van der Waals surface area contributed by atoms with Crippen molar-refractivity contribution in [2.75, 3.05) is 0 Å². The largest absolute Gasteiger partial charge is 0.508 e. The van der Waals surface area contributed by atoms with Crippen LogP contribution >= 0.6 is 11.8 Å². The first-order valence-corrected chi connectivity index (χ1v) is 9.07. The fourth-order valence-electron chi connectivity index (χ4n) is 2.76. The molecule has 4 rings (SSSR count). The SMILES string of the molecule is Cc1c(O)ccc2c(CSc3n[nH]c(-c4ccccc4F)n3)cc(=O)oc12. The van der Waals surface area contributed by atoms with Gasteiger partial charge in [0.2, 0.25) is 5.16 Å². The van der Waals surface area contributed by atoms with Gasteiger partial charge in [0.05, 0.1) is 5.56 Å². The Morgan fingerprint density at radius 3 is 2.89 bits per heavy atom. The van der Waals surface area contributed by atoms with E-state index < -0.39 is 5.63 Å². The molecule has 0 atom stereocenters. The normalized spacial score (nSPS) is 11.2. The van der Waals surface area contributed by atoms with Crippen LogP contribution in [0.5, 0.6) is 5.75 Å². The molecule has 136 valence electrons. The van der Waals surface area contributed by atoms with Gasteiger partial charge < -0.3 is 9.52 Å². The first-order valence-electron chi connectivity index (χ1n) is 8.08. The monoisotopic (exact) mass is 383 g/mol. The number of thioether (sulfide) groups is 1. The van der Waals surface area contributed by atoms with E-state index in [0.29, 0.717) is 33.4 Å². The van der Waals surface area contributed by atoms with Crippen molar-refractivity contribution >= 4 is 22.7 Å². The quantitative estimate of drug-likeness (QED) is 0.408. The highest BCUT2D eigenvalue weighted by Crippen LogP contribution is 2.30. The van der Waals surface area contributed by atoms with Crippen molar-refractivity contribution in [3.05, 3.63) is 69.8 Å². The Labute approximate surface area is 157 Å². The van der Waals surface area contributed by atoms with Crippen LogP contribution in [-0.2, 0) is 5.75 Å². The molecule has 2 heterocycles. The van der Waals surface area contributed by atoms with E-state index >= 15 is 0 Å². The summed E-state index contributed by atoms with van der Waals surface area (Å²) in [4.78, 5) is 16.2. The van der Waals surface area contributed by atoms with Crippen molar-refractivity contribution in [3.8, 4) is 17.1 Å². The molecular weight excluding hydrogens is 369 g/mol. The van der Waals surface area contributed by atoms with Crippen molar-refractivity contribution in [1.29, 1.82) is 0 Å². The summed E-state index contributed by atoms with van der Waals surface area (Å²) < 4.78 is 19.1. The van der Waals surface area contributed by atoms with Crippen LogP contribution in [0.1, 0.15) is 11.1 Å². The van der Waals surface area contributed by atoms with E-state index in [2.05, 4.69) is 15.2 Å². The van der Waals surface area contributed by atoms with Crippen molar-refractivity contribution in [2.24, 2.45) is 0 Å². The van der Waals surface area contributed by atoms with Crippen LogP contribution in [0.25, 0.3) is 22.4 Å². The molecule has 0 aliphatic carbocycles. The fraction of sp³-hybridized carbons (Fsp3) is 0.105. The number of aromatic amines is 1. The number of benzene rings is 2. The number of nitrogens with one attached hydrogen (secondary N) is 1. The molecule has 6 nitrogen and oxygen atoms in total. The number of H-pyrrole nitrogens is 1. The number of hydrogen-bond acceptors (Lipinski definition) is 6. The van der Waals surface area contributed by atoms with Gasteiger partial charge in [-0.1, -0.05) is 23.9 Å². The molecule has 0 saturated heterocycles. The van der Waals surface area contributed by atoms with Gasteiger partial charge in [-0.05, 0) is 36.8 Å². The van der Waals surface area contributed by atoms with E-state index in [4.69, 9.17) is 4.42 Å². The Morgan fingerprint density at radius 1 is 1.26 bits per heavy atom. The zero-order chi connectivity index (χ0) is 19.0. The van der Waals surface area contributed by atoms with Crippen LogP contribution in [0.4, 0.5) is 4.39 Å². The summed E-state index contributed by atoms with van der Waals surface area (Å²) in [5, 5.41) is 17.8. The van der Waals surface area contributed by atoms with Gasteiger partial charge in [0.15, 0.2) is 5.82 Å². The summed E-state index contributed by atoms with van der Waals surface area (Å²) in [6, 6.07) is 11.0. The Bertz CT molecular complexity index is 1200. The third kappa shape index (κ3) is 3.31. The maximum absolute atomic E-state index is 13.9. The van der Waals surface area contributed by atoms with Crippen molar-refractivity contribution in [2.45, 2.75) is 17.8 Å². The Morgan fingerprint density at radius 2 is 2.07 bits per heavy atom. The van der Waals surface area contributed by atoms with Gasteiger partial charge in [0.1, 0.15) is 17.1 Å². The third-order valence-corrected chi connectivity index (χ3v) is 5.06. The predicted molar refractivity (Wildman–Crippen MR) is 100 cm³/mol. The van der Waals surface area contributed by atoms with Gasteiger partial charge in [-0.15, -0.1) is 5.10 Å². The van der Waals surface area contributed by atoms with E-state index in [-0.39, 0.29) is 11.6 Å². The third-order valence-electron chi connectivity index (χ3n) is 4.17. The fourth-order valence-corrected chi connectivity index (χ4v) is 3.55. The van der Waals surface area contributed by atoms with Crippen LogP contribution in [0, 0.1) is 12.7 Å². The van der Waals surface area contributed by atoms with E-state index in [1.165, 1.54) is 23.9 Å². The number of phenols is 1. The number of fused-ring (bicyclic) bond motifs is 1. The van der Waals surface area contributed by atoms with Crippen LogP contribution in [0.3, 0.4) is 0 Å². The number of rotatable bonds is 4. The average Bonchev–Trinajstić information content (AvgIpc) is 3.12. The molecule has 0 spiro atoms. The summed E-state index contributed by atoms with van der Waals surface area (Å²) in [5.41, 5.74) is 1.46. The maximum atomic E-state index is 13.9. The van der Waals surface area contributed by atoms with Crippen LogP contribution in [0.2, 0.25) is 0 Å². The number of halogens is 1. The van der Waals surface area contributed by atoms with Gasteiger partial charge in [-0.3, -0.25) is 5.10 Å². The molecule has 2 aromatic carbocycles. The molecule has 2 aromatic heterocycles. The summed E-state index contributed by atoms with van der Waals surface area (Å²) in [6.07, 6.45) is 0. The zero-order valence-corrected chi connectivity index (χ0v) is 15.0. The molecule has 27 heavy (non-hydrogen) atoms. The van der Waals surface area contributed by atoms with Crippen molar-refractivity contribution in [1.82, 2.24) is 15.2 Å². The minimum atomic E-state index is -0.492. The van der Waals surface area contributed by atoms with Crippen molar-refractivity contribution < 1.29 is 13.9 Å². The molecule has 0 saturated carbocycles. The molecule has 0 aliphatic heterocycles. The highest BCUT2D eigenvalue weighted by atomic mass is 32.2. The molecule has 0 radical (unpaired) electrons. The second-order valence-corrected chi connectivity index (χ2v) is 6.85. The number of nitrogens with zero attached hydrogens (tertiary/aromatic N) is 2. The first-order chi connectivity index (χ1) is 13.0. The smallest absolute Gasteiger partial charge is 0.336 e. The standard InChI is InChI=1S/C19H14FN3O3S/c1-10-15(24)7-6-12-11(8-16(25)26-17(10)12)9-27-19-21-18(22-23-19)13-4-2-3-5-14(13)20/h2-8,24H,9H2,1H3,(H,21,22,23). The summed E-state index contributed by atoms with van der Waals surface area (Å²) in [6.45, 7) is 1.69. The lowest BCUT2D eigenvalue weighted by molar-refractivity contribution is 0.468. The minimum Gasteiger partial charge on any atom is -0.508 e.